The molecule has 0 aliphatic carbocycles. The van der Waals surface area contributed by atoms with Gasteiger partial charge in [0, 0.05) is 0 Å². The minimum absolute atomic E-state index is 0.351. The predicted molar refractivity (Wildman–Crippen MR) is 176 cm³/mol. The van der Waals surface area contributed by atoms with Gasteiger partial charge in [-0.25, -0.2) is 0 Å². The summed E-state index contributed by atoms with van der Waals surface area (Å²) in [7, 11) is -3.80. The third-order valence-corrected chi connectivity index (χ3v) is 17.8. The summed E-state index contributed by atoms with van der Waals surface area (Å²) in [6.07, 6.45) is 26.7. The Morgan fingerprint density at radius 1 is 0.513 bits per heavy atom. The van der Waals surface area contributed by atoms with E-state index in [1.807, 2.05) is 24.3 Å². The molecule has 0 aliphatic rings. The van der Waals surface area contributed by atoms with Crippen molar-refractivity contribution in [3.63, 3.8) is 0 Å². The van der Waals surface area contributed by atoms with E-state index in [0.717, 1.165) is 82.4 Å². The van der Waals surface area contributed by atoms with Crippen LogP contribution in [0.3, 0.4) is 0 Å². The standard InChI is InChI=1S/C34H65O3PS/c1-6-11-16-17-18-19-20-21-22-23-24-33-25-27-34(28-26-33)39(35,36)37-38(29-12-7-2,30-13-8-3,31-14-9-4)32-15-10-5/h25-28H,6-24,29-32H2,1-5H3. The molecule has 0 aromatic heterocycles. The molecule has 0 amide bonds. The Morgan fingerprint density at radius 2 is 0.872 bits per heavy atom. The molecule has 230 valence electrons. The maximum absolute atomic E-state index is 13.9. The molecule has 0 bridgehead atoms. The molecule has 0 saturated carbocycles. The van der Waals surface area contributed by atoms with Gasteiger partial charge in [0.1, 0.15) is 0 Å². The summed E-state index contributed by atoms with van der Waals surface area (Å²) in [4.78, 5) is 0.351. The zero-order chi connectivity index (χ0) is 28.9. The number of hydrogen-bond donors (Lipinski definition) is 0. The number of benzene rings is 1. The summed E-state index contributed by atoms with van der Waals surface area (Å²) in [6, 6.07) is 7.67. The first-order valence-electron chi connectivity index (χ1n) is 16.9. The molecule has 1 aromatic carbocycles. The number of aryl methyl sites for hydroxylation is 1. The van der Waals surface area contributed by atoms with Crippen LogP contribution in [0.5, 0.6) is 0 Å². The molecular weight excluding hydrogens is 519 g/mol. The Morgan fingerprint density at radius 3 is 1.26 bits per heavy atom. The summed E-state index contributed by atoms with van der Waals surface area (Å²) >= 11 is 0. The molecule has 0 aliphatic heterocycles. The van der Waals surface area contributed by atoms with Gasteiger partial charge in [-0.15, -0.1) is 0 Å². The molecular formula is C34H65O3PS. The van der Waals surface area contributed by atoms with Crippen molar-refractivity contribution >= 4 is 16.9 Å². The normalized spacial score (nSPS) is 13.4. The Hall–Kier alpha value is -0.440. The summed E-state index contributed by atoms with van der Waals surface area (Å²) in [5.41, 5.74) is 1.24. The fourth-order valence-corrected chi connectivity index (χ4v) is 16.0. The van der Waals surface area contributed by atoms with Crippen molar-refractivity contribution in [2.45, 2.75) is 162 Å². The molecule has 0 unspecified atom stereocenters. The molecule has 39 heavy (non-hydrogen) atoms. The molecule has 0 spiro atoms. The van der Waals surface area contributed by atoms with Gasteiger partial charge in [-0.2, -0.15) is 0 Å². The minimum atomic E-state index is -3.80. The van der Waals surface area contributed by atoms with Crippen molar-refractivity contribution in [2.75, 3.05) is 24.6 Å². The van der Waals surface area contributed by atoms with Crippen LogP contribution in [0.15, 0.2) is 29.2 Å². The van der Waals surface area contributed by atoms with E-state index in [0.29, 0.717) is 4.90 Å². The van der Waals surface area contributed by atoms with Gasteiger partial charge in [-0.05, 0) is 0 Å². The summed E-state index contributed by atoms with van der Waals surface area (Å²) in [5, 5.41) is 0. The van der Waals surface area contributed by atoms with Crippen molar-refractivity contribution in [3.05, 3.63) is 29.8 Å². The molecule has 3 nitrogen and oxygen atoms in total. The van der Waals surface area contributed by atoms with Crippen molar-refractivity contribution in [1.82, 2.24) is 0 Å². The molecule has 0 N–H and O–H groups in total. The molecule has 0 heterocycles. The van der Waals surface area contributed by atoms with E-state index in [-0.39, 0.29) is 0 Å². The van der Waals surface area contributed by atoms with Crippen LogP contribution in [0.1, 0.15) is 156 Å². The number of hydrogen-bond acceptors (Lipinski definition) is 3. The third-order valence-electron chi connectivity index (χ3n) is 8.65. The van der Waals surface area contributed by atoms with E-state index in [2.05, 4.69) is 34.6 Å². The van der Waals surface area contributed by atoms with Crippen molar-refractivity contribution in [2.24, 2.45) is 0 Å². The van der Waals surface area contributed by atoms with Gasteiger partial charge in [0.05, 0.1) is 0 Å². The fraction of sp³-hybridized carbons (Fsp3) is 0.824. The Labute approximate surface area is 244 Å². The molecule has 1 rings (SSSR count). The van der Waals surface area contributed by atoms with Crippen LogP contribution in [0, 0.1) is 0 Å². The van der Waals surface area contributed by atoms with Crippen LogP contribution < -0.4 is 0 Å². The van der Waals surface area contributed by atoms with Gasteiger partial charge in [0.15, 0.2) is 0 Å². The first kappa shape index (κ1) is 36.6. The van der Waals surface area contributed by atoms with Crippen LogP contribution in [-0.4, -0.2) is 33.1 Å². The van der Waals surface area contributed by atoms with Crippen LogP contribution in [-0.2, 0) is 20.5 Å². The second-order valence-electron chi connectivity index (χ2n) is 12.3. The first-order valence-corrected chi connectivity index (χ1v) is 21.2. The van der Waals surface area contributed by atoms with E-state index < -0.39 is 16.9 Å². The maximum atomic E-state index is 13.9. The Balaban J connectivity index is 2.88. The second kappa shape index (κ2) is 20.4. The first-order chi connectivity index (χ1) is 18.8. The van der Waals surface area contributed by atoms with Crippen LogP contribution in [0.4, 0.5) is 0 Å². The average Bonchev–Trinajstić information content (AvgIpc) is 2.94. The van der Waals surface area contributed by atoms with Crippen LogP contribution >= 0.6 is 6.83 Å². The zero-order valence-corrected chi connectivity index (χ0v) is 28.4. The zero-order valence-electron chi connectivity index (χ0n) is 26.7. The van der Waals surface area contributed by atoms with Crippen LogP contribution in [0.2, 0.25) is 0 Å². The molecule has 0 radical (unpaired) electrons. The molecule has 5 heteroatoms. The van der Waals surface area contributed by atoms with E-state index in [4.69, 9.17) is 3.97 Å². The quantitative estimate of drug-likeness (QED) is 0.0803. The van der Waals surface area contributed by atoms with Gasteiger partial charge in [0.25, 0.3) is 0 Å². The van der Waals surface area contributed by atoms with E-state index in [9.17, 15) is 8.42 Å². The Kier molecular flexibility index (Phi) is 19.2. The molecule has 0 fully saturated rings. The Bertz CT molecular complexity index is 791. The predicted octanol–water partition coefficient (Wildman–Crippen LogP) is 11.5. The van der Waals surface area contributed by atoms with Gasteiger partial charge in [-0.3, -0.25) is 0 Å². The van der Waals surface area contributed by atoms with Crippen LogP contribution in [0.25, 0.3) is 0 Å². The summed E-state index contributed by atoms with van der Waals surface area (Å²) in [6.45, 7) is 8.23. The molecule has 1 aromatic rings. The fourth-order valence-electron chi connectivity index (χ4n) is 6.01. The second-order valence-corrected chi connectivity index (χ2v) is 19.8. The van der Waals surface area contributed by atoms with Crippen molar-refractivity contribution in [1.29, 1.82) is 0 Å². The van der Waals surface area contributed by atoms with Gasteiger partial charge in [0.2, 0.25) is 0 Å². The van der Waals surface area contributed by atoms with E-state index in [1.165, 1.54) is 69.8 Å². The van der Waals surface area contributed by atoms with Gasteiger partial charge < -0.3 is 0 Å². The summed E-state index contributed by atoms with van der Waals surface area (Å²) < 4.78 is 34.5. The van der Waals surface area contributed by atoms with Crippen molar-refractivity contribution in [3.8, 4) is 0 Å². The molecule has 0 saturated heterocycles. The number of unbranched alkanes of at least 4 members (excludes halogenated alkanes) is 13. The van der Waals surface area contributed by atoms with E-state index in [1.54, 1.807) is 0 Å². The van der Waals surface area contributed by atoms with E-state index >= 15 is 0 Å². The topological polar surface area (TPSA) is 43.4 Å². The average molecular weight is 585 g/mol. The number of rotatable bonds is 26. The van der Waals surface area contributed by atoms with Gasteiger partial charge >= 0.3 is 206 Å². The van der Waals surface area contributed by atoms with Gasteiger partial charge in [-0.1, -0.05) is 39.0 Å². The van der Waals surface area contributed by atoms with Crippen molar-refractivity contribution < 1.29 is 12.4 Å². The SMILES string of the molecule is CCCCCCCCCCCCc1ccc(S(=O)(=O)OP(CCCC)(CCCC)(CCCC)CCCC)cc1. The summed E-state index contributed by atoms with van der Waals surface area (Å²) in [5.74, 6) is 0. The monoisotopic (exact) mass is 584 g/mol. The third kappa shape index (κ3) is 13.8. The molecule has 0 atom stereocenters.